The number of rotatable bonds is 5. The molecule has 0 saturated carbocycles. The minimum absolute atomic E-state index is 0.0348. The zero-order chi connectivity index (χ0) is 14.5. The average molecular weight is 280 g/mol. The van der Waals surface area contributed by atoms with Gasteiger partial charge in [-0.2, -0.15) is 0 Å². The van der Waals surface area contributed by atoms with Crippen molar-refractivity contribution in [3.8, 4) is 0 Å². The second-order valence-electron chi connectivity index (χ2n) is 5.88. The van der Waals surface area contributed by atoms with Gasteiger partial charge in [0.25, 0.3) is 0 Å². The number of nitrogens with two attached hydrogens (primary N) is 1. The van der Waals surface area contributed by atoms with Crippen LogP contribution < -0.4 is 5.73 Å². The maximum Gasteiger partial charge on any atom is 0.123 e. The van der Waals surface area contributed by atoms with E-state index in [1.807, 2.05) is 13.0 Å². The van der Waals surface area contributed by atoms with Gasteiger partial charge in [-0.1, -0.05) is 12.1 Å². The topological polar surface area (TPSA) is 38.5 Å². The maximum atomic E-state index is 13.4. The van der Waals surface area contributed by atoms with Gasteiger partial charge < -0.3 is 10.5 Å². The molecule has 4 heteroatoms. The van der Waals surface area contributed by atoms with E-state index in [4.69, 9.17) is 10.5 Å². The molecule has 3 atom stereocenters. The first-order valence-corrected chi connectivity index (χ1v) is 7.37. The quantitative estimate of drug-likeness (QED) is 0.901. The Hall–Kier alpha value is -0.970. The molecule has 2 N–H and O–H groups in total. The number of likely N-dealkylation sites (N-methyl/N-ethyl adjacent to an activating group) is 1. The standard InChI is InChI=1S/C16H25FN2O/c1-12(18)16(14-6-3-7-15(17)9-14)19(2)10-13-5-4-8-20-11-13/h3,6-7,9,12-13,16H,4-5,8,10-11,18H2,1-2H3. The van der Waals surface area contributed by atoms with Crippen molar-refractivity contribution in [2.45, 2.75) is 31.8 Å². The summed E-state index contributed by atoms with van der Waals surface area (Å²) in [6.45, 7) is 4.60. The molecular weight excluding hydrogens is 255 g/mol. The van der Waals surface area contributed by atoms with Gasteiger partial charge in [-0.05, 0) is 50.4 Å². The van der Waals surface area contributed by atoms with Gasteiger partial charge >= 0.3 is 0 Å². The highest BCUT2D eigenvalue weighted by atomic mass is 19.1. The summed E-state index contributed by atoms with van der Waals surface area (Å²) >= 11 is 0. The molecule has 0 bridgehead atoms. The molecule has 0 aromatic heterocycles. The summed E-state index contributed by atoms with van der Waals surface area (Å²) in [5.41, 5.74) is 7.07. The highest BCUT2D eigenvalue weighted by molar-refractivity contribution is 5.21. The largest absolute Gasteiger partial charge is 0.381 e. The SMILES string of the molecule is CC(N)C(c1cccc(F)c1)N(C)CC1CCCOC1. The van der Waals surface area contributed by atoms with E-state index in [1.165, 1.54) is 12.5 Å². The Morgan fingerprint density at radius 3 is 2.90 bits per heavy atom. The van der Waals surface area contributed by atoms with Crippen LogP contribution in [-0.2, 0) is 4.74 Å². The Morgan fingerprint density at radius 1 is 1.50 bits per heavy atom. The van der Waals surface area contributed by atoms with Crippen molar-refractivity contribution in [2.24, 2.45) is 11.7 Å². The molecule has 3 nitrogen and oxygen atoms in total. The first kappa shape index (κ1) is 15.4. The summed E-state index contributed by atoms with van der Waals surface area (Å²) in [4.78, 5) is 2.23. The van der Waals surface area contributed by atoms with Gasteiger partial charge in [-0.25, -0.2) is 4.39 Å². The highest BCUT2D eigenvalue weighted by Gasteiger charge is 2.25. The van der Waals surface area contributed by atoms with Crippen molar-refractivity contribution >= 4 is 0 Å². The normalized spacial score (nSPS) is 22.8. The van der Waals surface area contributed by atoms with Gasteiger partial charge in [0, 0.05) is 25.2 Å². The van der Waals surface area contributed by atoms with Crippen LogP contribution in [0.1, 0.15) is 31.4 Å². The zero-order valence-corrected chi connectivity index (χ0v) is 12.4. The van der Waals surface area contributed by atoms with E-state index in [9.17, 15) is 4.39 Å². The fraction of sp³-hybridized carbons (Fsp3) is 0.625. The van der Waals surface area contributed by atoms with Crippen molar-refractivity contribution in [1.82, 2.24) is 4.90 Å². The summed E-state index contributed by atoms with van der Waals surface area (Å²) < 4.78 is 19.0. The van der Waals surface area contributed by atoms with Gasteiger partial charge in [0.2, 0.25) is 0 Å². The lowest BCUT2D eigenvalue weighted by atomic mass is 9.96. The second kappa shape index (κ2) is 7.16. The van der Waals surface area contributed by atoms with E-state index < -0.39 is 0 Å². The van der Waals surface area contributed by atoms with Gasteiger partial charge in [0.05, 0.1) is 6.61 Å². The molecule has 0 spiro atoms. The van der Waals surface area contributed by atoms with Crippen LogP contribution in [0.3, 0.4) is 0 Å². The molecule has 2 rings (SSSR count). The number of hydrogen-bond acceptors (Lipinski definition) is 3. The van der Waals surface area contributed by atoms with Gasteiger partial charge in [-0.15, -0.1) is 0 Å². The Morgan fingerprint density at radius 2 is 2.30 bits per heavy atom. The number of hydrogen-bond donors (Lipinski definition) is 1. The summed E-state index contributed by atoms with van der Waals surface area (Å²) in [5, 5.41) is 0. The molecule has 1 fully saturated rings. The number of halogens is 1. The molecule has 1 saturated heterocycles. The molecule has 0 aliphatic carbocycles. The second-order valence-corrected chi connectivity index (χ2v) is 5.88. The van der Waals surface area contributed by atoms with Crippen LogP contribution in [0.15, 0.2) is 24.3 Å². The molecule has 0 amide bonds. The third-order valence-electron chi connectivity index (χ3n) is 3.96. The van der Waals surface area contributed by atoms with E-state index in [0.29, 0.717) is 5.92 Å². The number of nitrogens with zero attached hydrogens (tertiary/aromatic N) is 1. The summed E-state index contributed by atoms with van der Waals surface area (Å²) in [5.74, 6) is 0.339. The third-order valence-corrected chi connectivity index (χ3v) is 3.96. The van der Waals surface area contributed by atoms with Crippen LogP contribution in [-0.4, -0.2) is 37.7 Å². The molecule has 1 aliphatic rings. The lowest BCUT2D eigenvalue weighted by molar-refractivity contribution is 0.0344. The van der Waals surface area contributed by atoms with Crippen molar-refractivity contribution in [1.29, 1.82) is 0 Å². The first-order chi connectivity index (χ1) is 9.58. The molecule has 20 heavy (non-hydrogen) atoms. The molecule has 0 radical (unpaired) electrons. The minimum atomic E-state index is -0.206. The van der Waals surface area contributed by atoms with Crippen molar-refractivity contribution in [3.05, 3.63) is 35.6 Å². The van der Waals surface area contributed by atoms with E-state index in [1.54, 1.807) is 12.1 Å². The van der Waals surface area contributed by atoms with Crippen molar-refractivity contribution in [2.75, 3.05) is 26.8 Å². The third kappa shape index (κ3) is 4.01. The van der Waals surface area contributed by atoms with E-state index >= 15 is 0 Å². The Kier molecular flexibility index (Phi) is 5.52. The predicted molar refractivity (Wildman–Crippen MR) is 79.0 cm³/mol. The Labute approximate surface area is 120 Å². The summed E-state index contributed by atoms with van der Waals surface area (Å²) in [6, 6.07) is 6.74. The van der Waals surface area contributed by atoms with Gasteiger partial charge in [0.15, 0.2) is 0 Å². The van der Waals surface area contributed by atoms with E-state index in [-0.39, 0.29) is 17.9 Å². The van der Waals surface area contributed by atoms with Crippen LogP contribution in [0.4, 0.5) is 4.39 Å². The predicted octanol–water partition coefficient (Wildman–Crippen LogP) is 2.57. The monoisotopic (exact) mass is 280 g/mol. The van der Waals surface area contributed by atoms with Crippen LogP contribution in [0, 0.1) is 11.7 Å². The molecule has 1 aromatic rings. The van der Waals surface area contributed by atoms with Crippen LogP contribution in [0.25, 0.3) is 0 Å². The molecule has 1 aliphatic heterocycles. The summed E-state index contributed by atoms with van der Waals surface area (Å²) in [7, 11) is 2.06. The summed E-state index contributed by atoms with van der Waals surface area (Å²) in [6.07, 6.45) is 2.32. The fourth-order valence-corrected chi connectivity index (χ4v) is 3.12. The molecule has 1 aromatic carbocycles. The average Bonchev–Trinajstić information content (AvgIpc) is 2.39. The first-order valence-electron chi connectivity index (χ1n) is 7.37. The molecule has 112 valence electrons. The minimum Gasteiger partial charge on any atom is -0.381 e. The van der Waals surface area contributed by atoms with E-state index in [2.05, 4.69) is 11.9 Å². The van der Waals surface area contributed by atoms with Crippen LogP contribution in [0.5, 0.6) is 0 Å². The van der Waals surface area contributed by atoms with Crippen LogP contribution in [0.2, 0.25) is 0 Å². The maximum absolute atomic E-state index is 13.4. The molecule has 1 heterocycles. The Bertz CT molecular complexity index is 419. The van der Waals surface area contributed by atoms with Crippen molar-refractivity contribution < 1.29 is 9.13 Å². The lowest BCUT2D eigenvalue weighted by Gasteiger charge is -2.35. The van der Waals surface area contributed by atoms with Crippen LogP contribution >= 0.6 is 0 Å². The smallest absolute Gasteiger partial charge is 0.123 e. The van der Waals surface area contributed by atoms with Crippen molar-refractivity contribution in [3.63, 3.8) is 0 Å². The number of benzene rings is 1. The highest BCUT2D eigenvalue weighted by Crippen LogP contribution is 2.25. The zero-order valence-electron chi connectivity index (χ0n) is 12.4. The molecular formula is C16H25FN2O. The number of ether oxygens (including phenoxy) is 1. The van der Waals surface area contributed by atoms with Gasteiger partial charge in [0.1, 0.15) is 5.82 Å². The van der Waals surface area contributed by atoms with E-state index in [0.717, 1.165) is 31.7 Å². The molecule has 3 unspecified atom stereocenters. The fourth-order valence-electron chi connectivity index (χ4n) is 3.12. The lowest BCUT2D eigenvalue weighted by Crippen LogP contribution is -2.41. The Balaban J connectivity index is 2.07. The van der Waals surface area contributed by atoms with Gasteiger partial charge in [-0.3, -0.25) is 4.90 Å².